The molecular formula is C31H45N5O3. The maximum atomic E-state index is 13.4. The lowest BCUT2D eigenvalue weighted by molar-refractivity contribution is -0.123. The van der Waals surface area contributed by atoms with Gasteiger partial charge in [-0.05, 0) is 80.5 Å². The highest BCUT2D eigenvalue weighted by molar-refractivity contribution is 5.94. The molecule has 8 nitrogen and oxygen atoms in total. The van der Waals surface area contributed by atoms with Gasteiger partial charge in [-0.2, -0.15) is 0 Å². The highest BCUT2D eigenvalue weighted by Gasteiger charge is 2.29. The molecule has 1 aliphatic carbocycles. The number of carbonyl (C=O) groups excluding carboxylic acids is 2. The summed E-state index contributed by atoms with van der Waals surface area (Å²) in [6, 6.07) is 15.6. The fourth-order valence-electron chi connectivity index (χ4n) is 5.73. The van der Waals surface area contributed by atoms with Crippen molar-refractivity contribution in [2.24, 2.45) is 5.92 Å². The Balaban J connectivity index is 1.25. The number of carbonyl (C=O) groups is 2. The molecule has 2 aromatic carbocycles. The number of ether oxygens (including phenoxy) is 1. The Morgan fingerprint density at radius 1 is 1.13 bits per heavy atom. The number of alkyl carbamates (subject to hydrolysis) is 1. The van der Waals surface area contributed by atoms with Gasteiger partial charge in [0.15, 0.2) is 0 Å². The first-order chi connectivity index (χ1) is 18.8. The molecule has 1 atom stereocenters. The minimum Gasteiger partial charge on any atom is -0.449 e. The van der Waals surface area contributed by atoms with Crippen LogP contribution >= 0.6 is 0 Å². The van der Waals surface area contributed by atoms with Gasteiger partial charge in [0, 0.05) is 76.1 Å². The van der Waals surface area contributed by atoms with Gasteiger partial charge >= 0.3 is 6.09 Å². The SMILES string of the molecule is CNC(=O)OCCc1cccc(N[C@H]2CC[C@H](C(=O)N(C)c3ccc(CN4CCN[C@@H](C)C4)c(C)c3)CC2)c1. The van der Waals surface area contributed by atoms with Gasteiger partial charge < -0.3 is 25.6 Å². The number of piperazine rings is 1. The molecule has 2 fully saturated rings. The lowest BCUT2D eigenvalue weighted by atomic mass is 9.85. The highest BCUT2D eigenvalue weighted by Crippen LogP contribution is 2.30. The number of nitrogens with zero attached hydrogens (tertiary/aromatic N) is 2. The Labute approximate surface area is 233 Å². The van der Waals surface area contributed by atoms with Crippen molar-refractivity contribution in [3.63, 3.8) is 0 Å². The summed E-state index contributed by atoms with van der Waals surface area (Å²) in [7, 11) is 3.47. The van der Waals surface area contributed by atoms with E-state index in [0.29, 0.717) is 25.1 Å². The second kappa shape index (κ2) is 13.8. The van der Waals surface area contributed by atoms with Gasteiger partial charge in [-0.15, -0.1) is 0 Å². The number of rotatable bonds is 9. The first-order valence-electron chi connectivity index (χ1n) is 14.3. The van der Waals surface area contributed by atoms with Crippen molar-refractivity contribution in [2.75, 3.05) is 50.6 Å². The lowest BCUT2D eigenvalue weighted by Crippen LogP contribution is -2.48. The molecule has 2 aliphatic rings. The molecule has 0 unspecified atom stereocenters. The molecule has 0 spiro atoms. The second-order valence-corrected chi connectivity index (χ2v) is 11.1. The van der Waals surface area contributed by atoms with Gasteiger partial charge in [0.1, 0.15) is 0 Å². The van der Waals surface area contributed by atoms with E-state index < -0.39 is 6.09 Å². The number of amides is 2. The van der Waals surface area contributed by atoms with Crippen LogP contribution in [0.25, 0.3) is 0 Å². The molecule has 0 bridgehead atoms. The quantitative estimate of drug-likeness (QED) is 0.444. The molecular weight excluding hydrogens is 490 g/mol. The summed E-state index contributed by atoms with van der Waals surface area (Å²) in [6.45, 7) is 8.87. The molecule has 1 heterocycles. The maximum absolute atomic E-state index is 13.4. The van der Waals surface area contributed by atoms with Crippen LogP contribution in [0.15, 0.2) is 42.5 Å². The number of nitrogens with one attached hydrogen (secondary N) is 3. The summed E-state index contributed by atoms with van der Waals surface area (Å²) in [5.74, 6) is 0.276. The predicted octanol–water partition coefficient (Wildman–Crippen LogP) is 4.32. The standard InChI is InChI=1S/C31H45N5O3/c1-22-18-29(13-10-26(22)21-36-16-15-33-23(2)20-36)35(4)30(37)25-8-11-27(12-9-25)34-28-7-5-6-24(19-28)14-17-39-31(38)32-3/h5-7,10,13,18-19,23,25,27,33-34H,8-9,11-12,14-17,20-21H2,1-4H3,(H,32,38)/t23-,25-,27-/m0/s1. The third kappa shape index (κ3) is 8.19. The van der Waals surface area contributed by atoms with Crippen LogP contribution in [-0.4, -0.2) is 69.3 Å². The van der Waals surface area contributed by atoms with Gasteiger partial charge in [-0.25, -0.2) is 4.79 Å². The van der Waals surface area contributed by atoms with Gasteiger partial charge in [0.25, 0.3) is 0 Å². The summed E-state index contributed by atoms with van der Waals surface area (Å²) < 4.78 is 5.11. The summed E-state index contributed by atoms with van der Waals surface area (Å²) in [5, 5.41) is 9.61. The molecule has 4 rings (SSSR count). The third-order valence-electron chi connectivity index (χ3n) is 8.09. The Morgan fingerprint density at radius 3 is 2.64 bits per heavy atom. The molecule has 39 heavy (non-hydrogen) atoms. The first kappa shape index (κ1) is 28.9. The van der Waals surface area contributed by atoms with E-state index in [2.05, 4.69) is 65.0 Å². The van der Waals surface area contributed by atoms with Crippen molar-refractivity contribution in [2.45, 2.75) is 64.6 Å². The Bertz CT molecular complexity index is 1120. The smallest absolute Gasteiger partial charge is 0.406 e. The van der Waals surface area contributed by atoms with Crippen LogP contribution in [0.2, 0.25) is 0 Å². The van der Waals surface area contributed by atoms with Crippen LogP contribution < -0.4 is 20.9 Å². The van der Waals surface area contributed by atoms with E-state index in [1.807, 2.05) is 24.1 Å². The molecule has 2 amide bonds. The van der Waals surface area contributed by atoms with Gasteiger partial charge in [-0.3, -0.25) is 9.69 Å². The van der Waals surface area contributed by atoms with Crippen molar-refractivity contribution in [3.8, 4) is 0 Å². The zero-order valence-electron chi connectivity index (χ0n) is 24.0. The molecule has 0 aromatic heterocycles. The minimum absolute atomic E-state index is 0.0589. The van der Waals surface area contributed by atoms with Gasteiger partial charge in [-0.1, -0.05) is 18.2 Å². The van der Waals surface area contributed by atoms with Crippen LogP contribution in [0.4, 0.5) is 16.2 Å². The largest absolute Gasteiger partial charge is 0.449 e. The van der Waals surface area contributed by atoms with E-state index in [9.17, 15) is 9.59 Å². The number of hydrogen-bond acceptors (Lipinski definition) is 6. The molecule has 1 saturated carbocycles. The number of benzene rings is 2. The van der Waals surface area contributed by atoms with E-state index >= 15 is 0 Å². The molecule has 1 aliphatic heterocycles. The fraction of sp³-hybridized carbons (Fsp3) is 0.548. The van der Waals surface area contributed by atoms with Crippen LogP contribution in [0.3, 0.4) is 0 Å². The normalized spacial score (nSPS) is 21.7. The Kier molecular flexibility index (Phi) is 10.2. The minimum atomic E-state index is -0.408. The van der Waals surface area contributed by atoms with Crippen molar-refractivity contribution >= 4 is 23.4 Å². The summed E-state index contributed by atoms with van der Waals surface area (Å²) in [5.41, 5.74) is 5.76. The lowest BCUT2D eigenvalue weighted by Gasteiger charge is -2.33. The zero-order valence-corrected chi connectivity index (χ0v) is 24.0. The van der Waals surface area contributed by atoms with Crippen LogP contribution in [0.1, 0.15) is 49.3 Å². The van der Waals surface area contributed by atoms with Gasteiger partial charge in [0.2, 0.25) is 5.91 Å². The van der Waals surface area contributed by atoms with Crippen LogP contribution in [0, 0.1) is 12.8 Å². The fourth-order valence-corrected chi connectivity index (χ4v) is 5.73. The predicted molar refractivity (Wildman–Crippen MR) is 157 cm³/mol. The number of hydrogen-bond donors (Lipinski definition) is 3. The molecule has 212 valence electrons. The molecule has 0 radical (unpaired) electrons. The first-order valence-corrected chi connectivity index (χ1v) is 14.3. The molecule has 1 saturated heterocycles. The van der Waals surface area contributed by atoms with E-state index in [1.54, 1.807) is 7.05 Å². The van der Waals surface area contributed by atoms with Gasteiger partial charge in [0.05, 0.1) is 6.61 Å². The number of anilines is 2. The third-order valence-corrected chi connectivity index (χ3v) is 8.09. The van der Waals surface area contributed by atoms with E-state index in [0.717, 1.165) is 68.8 Å². The highest BCUT2D eigenvalue weighted by atomic mass is 16.5. The molecule has 8 heteroatoms. The van der Waals surface area contributed by atoms with Crippen molar-refractivity contribution < 1.29 is 14.3 Å². The van der Waals surface area contributed by atoms with Crippen molar-refractivity contribution in [1.29, 1.82) is 0 Å². The van der Waals surface area contributed by atoms with Crippen LogP contribution in [-0.2, 0) is 22.5 Å². The van der Waals surface area contributed by atoms with Crippen molar-refractivity contribution in [1.82, 2.24) is 15.5 Å². The molecule has 3 N–H and O–H groups in total. The maximum Gasteiger partial charge on any atom is 0.406 e. The molecule has 2 aromatic rings. The Hall–Kier alpha value is -3.10. The van der Waals surface area contributed by atoms with E-state index in [-0.39, 0.29) is 11.8 Å². The zero-order chi connectivity index (χ0) is 27.8. The van der Waals surface area contributed by atoms with Crippen molar-refractivity contribution in [3.05, 3.63) is 59.2 Å². The van der Waals surface area contributed by atoms with E-state index in [4.69, 9.17) is 4.74 Å². The Morgan fingerprint density at radius 2 is 1.92 bits per heavy atom. The number of aryl methyl sites for hydroxylation is 1. The summed E-state index contributed by atoms with van der Waals surface area (Å²) >= 11 is 0. The summed E-state index contributed by atoms with van der Waals surface area (Å²) in [6.07, 6.45) is 3.97. The summed E-state index contributed by atoms with van der Waals surface area (Å²) in [4.78, 5) is 29.0. The average Bonchev–Trinajstić information content (AvgIpc) is 2.94. The second-order valence-electron chi connectivity index (χ2n) is 11.1. The monoisotopic (exact) mass is 535 g/mol. The van der Waals surface area contributed by atoms with Crippen LogP contribution in [0.5, 0.6) is 0 Å². The van der Waals surface area contributed by atoms with E-state index in [1.165, 1.54) is 11.1 Å². The topological polar surface area (TPSA) is 85.9 Å². The average molecular weight is 536 g/mol.